The second-order valence-electron chi connectivity index (χ2n) is 6.71. The number of anilines is 2. The summed E-state index contributed by atoms with van der Waals surface area (Å²) in [6, 6.07) is 10.4. The van der Waals surface area contributed by atoms with Gasteiger partial charge in [0.25, 0.3) is 0 Å². The maximum absolute atomic E-state index is 13.1. The fourth-order valence-corrected chi connectivity index (χ4v) is 3.17. The zero-order valence-corrected chi connectivity index (χ0v) is 16.6. The van der Waals surface area contributed by atoms with Crippen molar-refractivity contribution in [2.45, 2.75) is 6.42 Å². The molecular weight excluding hydrogens is 393 g/mol. The van der Waals surface area contributed by atoms with E-state index in [-0.39, 0.29) is 25.4 Å². The smallest absolute Gasteiger partial charge is 0.243 e. The minimum absolute atomic E-state index is 0.0224. The summed E-state index contributed by atoms with van der Waals surface area (Å²) < 4.78 is 23.4. The van der Waals surface area contributed by atoms with Crippen LogP contribution in [0, 0.1) is 11.7 Å². The molecule has 2 aromatic rings. The molecule has 3 amide bonds. The van der Waals surface area contributed by atoms with E-state index in [1.165, 1.54) is 43.4 Å². The van der Waals surface area contributed by atoms with Gasteiger partial charge in [-0.25, -0.2) is 4.39 Å². The Morgan fingerprint density at radius 1 is 1.13 bits per heavy atom. The number of carbonyl (C=O) groups excluding carboxylic acids is 3. The highest BCUT2D eigenvalue weighted by atomic mass is 19.1. The molecule has 1 fully saturated rings. The summed E-state index contributed by atoms with van der Waals surface area (Å²) in [5, 5.41) is 5.21. The van der Waals surface area contributed by atoms with Crippen LogP contribution >= 0.6 is 0 Å². The lowest BCUT2D eigenvalue weighted by atomic mass is 10.1. The van der Waals surface area contributed by atoms with Crippen molar-refractivity contribution in [1.29, 1.82) is 0 Å². The second kappa shape index (κ2) is 9.25. The Bertz CT molecular complexity index is 948. The quantitative estimate of drug-likeness (QED) is 0.721. The van der Waals surface area contributed by atoms with Gasteiger partial charge in [0.05, 0.1) is 32.4 Å². The molecule has 3 rings (SSSR count). The lowest BCUT2D eigenvalue weighted by Gasteiger charge is -2.16. The average molecular weight is 415 g/mol. The van der Waals surface area contributed by atoms with Crippen molar-refractivity contribution in [3.05, 3.63) is 48.3 Å². The largest absolute Gasteiger partial charge is 0.497 e. The van der Waals surface area contributed by atoms with Gasteiger partial charge in [0.15, 0.2) is 0 Å². The maximum atomic E-state index is 13.1. The predicted octanol–water partition coefficient (Wildman–Crippen LogP) is 1.95. The molecule has 1 atom stereocenters. The molecule has 0 spiro atoms. The highest BCUT2D eigenvalue weighted by Crippen LogP contribution is 2.29. The van der Waals surface area contributed by atoms with Crippen LogP contribution < -0.4 is 25.0 Å². The number of nitrogens with one attached hydrogen (secondary N) is 2. The van der Waals surface area contributed by atoms with Crippen LogP contribution in [0.25, 0.3) is 0 Å². The normalized spacial score (nSPS) is 15.6. The lowest BCUT2D eigenvalue weighted by Crippen LogP contribution is -2.38. The van der Waals surface area contributed by atoms with Crippen molar-refractivity contribution in [2.75, 3.05) is 37.5 Å². The third-order valence-electron chi connectivity index (χ3n) is 4.74. The zero-order chi connectivity index (χ0) is 21.7. The number of nitrogens with zero attached hydrogens (tertiary/aromatic N) is 1. The molecule has 9 heteroatoms. The Morgan fingerprint density at radius 3 is 2.53 bits per heavy atom. The first kappa shape index (κ1) is 21.1. The molecule has 2 N–H and O–H groups in total. The fourth-order valence-electron chi connectivity index (χ4n) is 3.17. The van der Waals surface area contributed by atoms with E-state index >= 15 is 0 Å². The fraction of sp³-hybridized carbons (Fsp3) is 0.286. The topological polar surface area (TPSA) is 97.0 Å². The Morgan fingerprint density at radius 2 is 1.87 bits per heavy atom. The summed E-state index contributed by atoms with van der Waals surface area (Å²) in [7, 11) is 2.98. The van der Waals surface area contributed by atoms with Gasteiger partial charge in [-0.05, 0) is 36.4 Å². The van der Waals surface area contributed by atoms with Crippen molar-refractivity contribution in [1.82, 2.24) is 5.32 Å². The summed E-state index contributed by atoms with van der Waals surface area (Å²) in [6.07, 6.45) is 0.0224. The van der Waals surface area contributed by atoms with Crippen LogP contribution in [0.1, 0.15) is 6.42 Å². The minimum Gasteiger partial charge on any atom is -0.497 e. The highest BCUT2D eigenvalue weighted by molar-refractivity contribution is 6.01. The number of carbonyl (C=O) groups is 3. The number of methoxy groups -OCH3 is 2. The van der Waals surface area contributed by atoms with Crippen LogP contribution in [0.5, 0.6) is 11.5 Å². The first-order chi connectivity index (χ1) is 14.4. The highest BCUT2D eigenvalue weighted by Gasteiger charge is 2.35. The van der Waals surface area contributed by atoms with E-state index in [1.807, 2.05) is 0 Å². The first-order valence-corrected chi connectivity index (χ1v) is 9.26. The summed E-state index contributed by atoms with van der Waals surface area (Å²) in [4.78, 5) is 38.3. The van der Waals surface area contributed by atoms with Gasteiger partial charge in [-0.2, -0.15) is 0 Å². The van der Waals surface area contributed by atoms with E-state index < -0.39 is 23.5 Å². The van der Waals surface area contributed by atoms with E-state index in [2.05, 4.69) is 10.6 Å². The van der Waals surface area contributed by atoms with E-state index in [1.54, 1.807) is 18.2 Å². The van der Waals surface area contributed by atoms with Crippen molar-refractivity contribution in [3.63, 3.8) is 0 Å². The molecule has 1 unspecified atom stereocenters. The number of rotatable bonds is 7. The molecule has 1 saturated heterocycles. The molecule has 1 aliphatic heterocycles. The second-order valence-corrected chi connectivity index (χ2v) is 6.71. The summed E-state index contributed by atoms with van der Waals surface area (Å²) in [5.74, 6) is -1.09. The number of amides is 3. The molecule has 158 valence electrons. The van der Waals surface area contributed by atoms with Gasteiger partial charge >= 0.3 is 0 Å². The Labute approximate surface area is 173 Å². The standard InChI is InChI=1S/C21H22FN3O5/c1-29-16-7-8-18(30-2)17(10-16)24-19(26)11-23-21(28)13-9-20(27)25(12-13)15-5-3-14(22)4-6-15/h3-8,10,13H,9,11-12H2,1-2H3,(H,23,28)(H,24,26). The molecule has 30 heavy (non-hydrogen) atoms. The number of benzene rings is 2. The maximum Gasteiger partial charge on any atom is 0.243 e. The van der Waals surface area contributed by atoms with Crippen LogP contribution in [-0.4, -0.2) is 45.0 Å². The first-order valence-electron chi connectivity index (χ1n) is 9.26. The zero-order valence-electron chi connectivity index (χ0n) is 16.6. The summed E-state index contributed by atoms with van der Waals surface area (Å²) in [5.41, 5.74) is 0.939. The van der Waals surface area contributed by atoms with Crippen LogP contribution in [0.3, 0.4) is 0 Å². The number of hydrogen-bond donors (Lipinski definition) is 2. The van der Waals surface area contributed by atoms with Gasteiger partial charge in [0.2, 0.25) is 17.7 Å². The van der Waals surface area contributed by atoms with E-state index in [4.69, 9.17) is 9.47 Å². The van der Waals surface area contributed by atoms with Gasteiger partial charge in [0.1, 0.15) is 17.3 Å². The van der Waals surface area contributed by atoms with Crippen molar-refractivity contribution >= 4 is 29.1 Å². The molecule has 1 heterocycles. The van der Waals surface area contributed by atoms with E-state index in [9.17, 15) is 18.8 Å². The van der Waals surface area contributed by atoms with Crippen LogP contribution in [0.4, 0.5) is 15.8 Å². The molecular formula is C21H22FN3O5. The molecule has 0 saturated carbocycles. The number of halogens is 1. The van der Waals surface area contributed by atoms with E-state index in [0.29, 0.717) is 22.9 Å². The van der Waals surface area contributed by atoms with Gasteiger partial charge in [-0.3, -0.25) is 14.4 Å². The Kier molecular flexibility index (Phi) is 6.51. The summed E-state index contributed by atoms with van der Waals surface area (Å²) in [6.45, 7) is -0.0952. The summed E-state index contributed by atoms with van der Waals surface area (Å²) >= 11 is 0. The molecule has 8 nitrogen and oxygen atoms in total. The van der Waals surface area contributed by atoms with Crippen molar-refractivity contribution in [3.8, 4) is 11.5 Å². The molecule has 0 aliphatic carbocycles. The van der Waals surface area contributed by atoms with Crippen LogP contribution in [0.2, 0.25) is 0 Å². The lowest BCUT2D eigenvalue weighted by molar-refractivity contribution is -0.127. The minimum atomic E-state index is -0.596. The van der Waals surface area contributed by atoms with Crippen molar-refractivity contribution in [2.24, 2.45) is 5.92 Å². The molecule has 0 radical (unpaired) electrons. The molecule has 0 aromatic heterocycles. The third kappa shape index (κ3) is 4.86. The van der Waals surface area contributed by atoms with E-state index in [0.717, 1.165) is 0 Å². The van der Waals surface area contributed by atoms with Gasteiger partial charge in [0, 0.05) is 24.7 Å². The van der Waals surface area contributed by atoms with Gasteiger partial charge in [-0.15, -0.1) is 0 Å². The average Bonchev–Trinajstić information content (AvgIpc) is 3.14. The molecule has 2 aromatic carbocycles. The Balaban J connectivity index is 1.55. The Hall–Kier alpha value is -3.62. The van der Waals surface area contributed by atoms with Crippen molar-refractivity contribution < 1.29 is 28.2 Å². The van der Waals surface area contributed by atoms with Crippen LogP contribution in [-0.2, 0) is 14.4 Å². The predicted molar refractivity (Wildman–Crippen MR) is 108 cm³/mol. The SMILES string of the molecule is COc1ccc(OC)c(NC(=O)CNC(=O)C2CC(=O)N(c3ccc(F)cc3)C2)c1. The monoisotopic (exact) mass is 415 g/mol. The third-order valence-corrected chi connectivity index (χ3v) is 4.74. The van der Waals surface area contributed by atoms with Gasteiger partial charge < -0.3 is 25.0 Å². The number of ether oxygens (including phenoxy) is 2. The molecule has 0 bridgehead atoms. The number of hydrogen-bond acceptors (Lipinski definition) is 5. The van der Waals surface area contributed by atoms with Gasteiger partial charge in [-0.1, -0.05) is 0 Å². The molecule has 1 aliphatic rings. The van der Waals surface area contributed by atoms with Crippen LogP contribution in [0.15, 0.2) is 42.5 Å².